The van der Waals surface area contributed by atoms with Gasteiger partial charge in [-0.15, -0.1) is 0 Å². The topological polar surface area (TPSA) is 101 Å². The van der Waals surface area contributed by atoms with Crippen LogP contribution in [0.3, 0.4) is 0 Å². The minimum atomic E-state index is -0.951. The Balaban J connectivity index is 1.72. The lowest BCUT2D eigenvalue weighted by molar-refractivity contribution is -0.120. The molecule has 6 nitrogen and oxygen atoms in total. The summed E-state index contributed by atoms with van der Waals surface area (Å²) in [6.07, 6.45) is 0. The highest BCUT2D eigenvalue weighted by molar-refractivity contribution is 6.05. The number of benzene rings is 3. The highest BCUT2D eigenvalue weighted by Gasteiger charge is 2.38. The number of carbonyl (C=O) groups excluding carboxylic acids is 3. The fraction of sp³-hybridized carbons (Fsp3) is 0.125. The number of hydrogen-bond donors (Lipinski definition) is 3. The van der Waals surface area contributed by atoms with Gasteiger partial charge in [-0.25, -0.2) is 0 Å². The van der Waals surface area contributed by atoms with E-state index < -0.39 is 23.8 Å². The van der Waals surface area contributed by atoms with Gasteiger partial charge >= 0.3 is 0 Å². The van der Waals surface area contributed by atoms with Gasteiger partial charge in [-0.05, 0) is 34.4 Å². The van der Waals surface area contributed by atoms with Gasteiger partial charge in [0.15, 0.2) is 0 Å². The van der Waals surface area contributed by atoms with E-state index in [9.17, 15) is 14.4 Å². The van der Waals surface area contributed by atoms with Gasteiger partial charge in [0.1, 0.15) is 6.04 Å². The average Bonchev–Trinajstić information content (AvgIpc) is 3.06. The van der Waals surface area contributed by atoms with Crippen LogP contribution in [0.15, 0.2) is 72.8 Å². The first-order chi connectivity index (χ1) is 14.5. The number of primary amides is 1. The van der Waals surface area contributed by atoms with Gasteiger partial charge in [0.2, 0.25) is 11.8 Å². The molecule has 30 heavy (non-hydrogen) atoms. The van der Waals surface area contributed by atoms with Crippen LogP contribution in [0.4, 0.5) is 5.69 Å². The van der Waals surface area contributed by atoms with Gasteiger partial charge in [0, 0.05) is 12.8 Å². The summed E-state index contributed by atoms with van der Waals surface area (Å²) in [6, 6.07) is 21.3. The molecule has 4 rings (SSSR count). The quantitative estimate of drug-likeness (QED) is 0.615. The van der Waals surface area contributed by atoms with Crippen molar-refractivity contribution in [2.75, 3.05) is 5.32 Å². The molecule has 0 aliphatic heterocycles. The molecule has 0 radical (unpaired) electrons. The largest absolute Gasteiger partial charge is 0.368 e. The molecule has 0 unspecified atom stereocenters. The summed E-state index contributed by atoms with van der Waals surface area (Å²) >= 11 is 0. The third kappa shape index (κ3) is 3.43. The first kappa shape index (κ1) is 19.4. The zero-order valence-corrected chi connectivity index (χ0v) is 16.4. The zero-order chi connectivity index (χ0) is 21.3. The van der Waals surface area contributed by atoms with E-state index in [1.807, 2.05) is 48.5 Å². The Hall–Kier alpha value is -3.93. The van der Waals surface area contributed by atoms with E-state index >= 15 is 0 Å². The molecule has 3 aromatic carbocycles. The predicted octanol–water partition coefficient (Wildman–Crippen LogP) is 3.04. The Bertz CT molecular complexity index is 1110. The van der Waals surface area contributed by atoms with Crippen LogP contribution >= 0.6 is 0 Å². The SMILES string of the molecule is CC(=O)Nc1ccccc1C(=O)N[C@H](C(N)=O)C1c2ccccc2-c2ccccc21. The van der Waals surface area contributed by atoms with E-state index in [0.29, 0.717) is 5.69 Å². The van der Waals surface area contributed by atoms with Gasteiger partial charge in [0.25, 0.3) is 5.91 Å². The molecule has 4 N–H and O–H groups in total. The molecular weight excluding hydrogens is 378 g/mol. The van der Waals surface area contributed by atoms with E-state index in [2.05, 4.69) is 10.6 Å². The van der Waals surface area contributed by atoms with Crippen molar-refractivity contribution >= 4 is 23.4 Å². The smallest absolute Gasteiger partial charge is 0.254 e. The molecular formula is C24H21N3O3. The summed E-state index contributed by atoms with van der Waals surface area (Å²) < 4.78 is 0. The molecule has 6 heteroatoms. The zero-order valence-electron chi connectivity index (χ0n) is 16.4. The fourth-order valence-corrected chi connectivity index (χ4v) is 4.07. The second-order valence-electron chi connectivity index (χ2n) is 7.23. The van der Waals surface area contributed by atoms with Crippen LogP contribution in [-0.2, 0) is 9.59 Å². The molecule has 3 aromatic rings. The normalized spacial score (nSPS) is 13.1. The van der Waals surface area contributed by atoms with Gasteiger partial charge in [0.05, 0.1) is 11.3 Å². The first-order valence-electron chi connectivity index (χ1n) is 9.62. The third-order valence-corrected chi connectivity index (χ3v) is 5.29. The third-order valence-electron chi connectivity index (χ3n) is 5.29. The summed E-state index contributed by atoms with van der Waals surface area (Å²) in [4.78, 5) is 37.0. The van der Waals surface area contributed by atoms with Crippen LogP contribution < -0.4 is 16.4 Å². The molecule has 0 saturated carbocycles. The monoisotopic (exact) mass is 399 g/mol. The number of fused-ring (bicyclic) bond motifs is 3. The van der Waals surface area contributed by atoms with Crippen molar-refractivity contribution in [3.8, 4) is 11.1 Å². The summed E-state index contributed by atoms with van der Waals surface area (Å²) in [5.74, 6) is -1.80. The van der Waals surface area contributed by atoms with Crippen LogP contribution in [0.25, 0.3) is 11.1 Å². The van der Waals surface area contributed by atoms with Crippen molar-refractivity contribution in [2.45, 2.75) is 18.9 Å². The van der Waals surface area contributed by atoms with Gasteiger partial charge in [-0.1, -0.05) is 60.7 Å². The van der Waals surface area contributed by atoms with Crippen molar-refractivity contribution in [3.05, 3.63) is 89.5 Å². The minimum absolute atomic E-state index is 0.263. The molecule has 0 aromatic heterocycles. The standard InChI is InChI=1S/C24H21N3O3/c1-14(28)26-20-13-7-6-12-19(20)24(30)27-22(23(25)29)21-17-10-4-2-8-15(17)16-9-3-5-11-18(16)21/h2-13,21-22H,1H3,(H2,25,29)(H,26,28)(H,27,30)/t22-/m0/s1. The molecule has 0 bridgehead atoms. The molecule has 1 aliphatic rings. The number of nitrogens with two attached hydrogens (primary N) is 1. The molecule has 1 atom stereocenters. The summed E-state index contributed by atoms with van der Waals surface area (Å²) in [7, 11) is 0. The van der Waals surface area contributed by atoms with Crippen molar-refractivity contribution in [1.82, 2.24) is 5.32 Å². The van der Waals surface area contributed by atoms with Crippen LogP contribution in [0, 0.1) is 0 Å². The molecule has 0 spiro atoms. The Kier molecular flexibility index (Phi) is 5.06. The van der Waals surface area contributed by atoms with Crippen LogP contribution in [-0.4, -0.2) is 23.8 Å². The molecule has 0 heterocycles. The van der Waals surface area contributed by atoms with E-state index in [-0.39, 0.29) is 11.5 Å². The van der Waals surface area contributed by atoms with Crippen molar-refractivity contribution in [3.63, 3.8) is 0 Å². The number of amides is 3. The van der Waals surface area contributed by atoms with Crippen LogP contribution in [0.1, 0.15) is 34.3 Å². The number of para-hydroxylation sites is 1. The van der Waals surface area contributed by atoms with E-state index in [1.165, 1.54) is 6.92 Å². The van der Waals surface area contributed by atoms with Gasteiger partial charge in [-0.3, -0.25) is 14.4 Å². The second-order valence-corrected chi connectivity index (χ2v) is 7.23. The van der Waals surface area contributed by atoms with E-state index in [1.54, 1.807) is 24.3 Å². The van der Waals surface area contributed by atoms with E-state index in [4.69, 9.17) is 5.73 Å². The predicted molar refractivity (Wildman–Crippen MR) is 115 cm³/mol. The molecule has 0 fully saturated rings. The van der Waals surface area contributed by atoms with E-state index in [0.717, 1.165) is 22.3 Å². The highest BCUT2D eigenvalue weighted by atomic mass is 16.2. The lowest BCUT2D eigenvalue weighted by Crippen LogP contribution is -2.48. The Morgan fingerprint density at radius 3 is 1.93 bits per heavy atom. The maximum absolute atomic E-state index is 13.1. The van der Waals surface area contributed by atoms with Crippen LogP contribution in [0.2, 0.25) is 0 Å². The minimum Gasteiger partial charge on any atom is -0.368 e. The van der Waals surface area contributed by atoms with Gasteiger partial charge < -0.3 is 16.4 Å². The first-order valence-corrected chi connectivity index (χ1v) is 9.62. The molecule has 150 valence electrons. The maximum atomic E-state index is 13.1. The maximum Gasteiger partial charge on any atom is 0.254 e. The number of anilines is 1. The Morgan fingerprint density at radius 2 is 1.37 bits per heavy atom. The second kappa shape index (κ2) is 7.83. The Morgan fingerprint density at radius 1 is 0.833 bits per heavy atom. The molecule has 3 amide bonds. The number of carbonyl (C=O) groups is 3. The average molecular weight is 399 g/mol. The highest BCUT2D eigenvalue weighted by Crippen LogP contribution is 2.46. The Labute approximate surface area is 174 Å². The van der Waals surface area contributed by atoms with Crippen molar-refractivity contribution in [2.24, 2.45) is 5.73 Å². The number of hydrogen-bond acceptors (Lipinski definition) is 3. The van der Waals surface area contributed by atoms with Crippen LogP contribution in [0.5, 0.6) is 0 Å². The lowest BCUT2D eigenvalue weighted by atomic mass is 9.88. The number of rotatable bonds is 5. The molecule has 1 aliphatic carbocycles. The lowest BCUT2D eigenvalue weighted by Gasteiger charge is -2.24. The summed E-state index contributed by atoms with van der Waals surface area (Å²) in [5.41, 5.74) is 10.3. The van der Waals surface area contributed by atoms with Crippen molar-refractivity contribution in [1.29, 1.82) is 0 Å². The molecule has 0 saturated heterocycles. The summed E-state index contributed by atoms with van der Waals surface area (Å²) in [6.45, 7) is 1.37. The fourth-order valence-electron chi connectivity index (χ4n) is 4.07. The van der Waals surface area contributed by atoms with Gasteiger partial charge in [-0.2, -0.15) is 0 Å². The van der Waals surface area contributed by atoms with Crippen molar-refractivity contribution < 1.29 is 14.4 Å². The number of nitrogens with one attached hydrogen (secondary N) is 2. The summed E-state index contributed by atoms with van der Waals surface area (Å²) in [5, 5.41) is 5.45.